The van der Waals surface area contributed by atoms with Gasteiger partial charge in [0.2, 0.25) is 0 Å². The largest absolute Gasteiger partial charge is 0.393 e. The van der Waals surface area contributed by atoms with Crippen LogP contribution in [0.3, 0.4) is 0 Å². The van der Waals surface area contributed by atoms with E-state index in [0.717, 1.165) is 5.69 Å². The summed E-state index contributed by atoms with van der Waals surface area (Å²) in [6.07, 6.45) is -3.87. The van der Waals surface area contributed by atoms with Crippen LogP contribution in [0.15, 0.2) is 24.3 Å². The minimum absolute atomic E-state index is 0.0708. The van der Waals surface area contributed by atoms with Gasteiger partial charge in [-0.1, -0.05) is 12.1 Å². The molecule has 4 heteroatoms. The Balaban J connectivity index is 2.05. The second-order valence-electron chi connectivity index (χ2n) is 3.73. The molecule has 0 aliphatic carbocycles. The maximum atomic E-state index is 12.4. The highest BCUT2D eigenvalue weighted by atomic mass is 19.4. The van der Waals surface area contributed by atoms with E-state index in [0.29, 0.717) is 6.54 Å². The summed E-state index contributed by atoms with van der Waals surface area (Å²) in [7, 11) is 0. The van der Waals surface area contributed by atoms with Crippen LogP contribution in [0.4, 0.5) is 18.9 Å². The van der Waals surface area contributed by atoms with Crippen molar-refractivity contribution < 1.29 is 13.2 Å². The smallest absolute Gasteiger partial charge is 0.371 e. The van der Waals surface area contributed by atoms with Gasteiger partial charge in [-0.2, -0.15) is 13.2 Å². The number of rotatable bonds is 1. The van der Waals surface area contributed by atoms with Gasteiger partial charge in [-0.05, 0) is 24.6 Å². The standard InChI is InChI=1S/C11H11F3N/c12-11(13,14)9-6-7-15(8-9)10-4-2-1-3-5-10/h1-2,4-5,9H,6-8H2. The van der Waals surface area contributed by atoms with Crippen molar-refractivity contribution in [2.24, 2.45) is 5.92 Å². The second-order valence-corrected chi connectivity index (χ2v) is 3.73. The molecule has 0 amide bonds. The molecule has 0 bridgehead atoms. The molecule has 2 rings (SSSR count). The van der Waals surface area contributed by atoms with Gasteiger partial charge in [0.1, 0.15) is 0 Å². The SMILES string of the molecule is FC(F)(F)C1CCN(c2c[c]ccc2)C1. The van der Waals surface area contributed by atoms with Crippen LogP contribution < -0.4 is 4.90 Å². The molecular weight excluding hydrogens is 203 g/mol. The summed E-state index contributed by atoms with van der Waals surface area (Å²) in [5, 5.41) is 0. The Hall–Kier alpha value is -1.19. The minimum Gasteiger partial charge on any atom is -0.371 e. The van der Waals surface area contributed by atoms with Crippen molar-refractivity contribution >= 4 is 5.69 Å². The van der Waals surface area contributed by atoms with Crippen LogP contribution in [0.1, 0.15) is 6.42 Å². The topological polar surface area (TPSA) is 3.24 Å². The van der Waals surface area contributed by atoms with Gasteiger partial charge in [0.05, 0.1) is 5.92 Å². The highest BCUT2D eigenvalue weighted by Gasteiger charge is 2.43. The van der Waals surface area contributed by atoms with E-state index in [1.807, 2.05) is 6.07 Å². The van der Waals surface area contributed by atoms with Crippen LogP contribution in [0.25, 0.3) is 0 Å². The predicted octanol–water partition coefficient (Wildman–Crippen LogP) is 2.88. The first-order valence-corrected chi connectivity index (χ1v) is 4.85. The first-order valence-electron chi connectivity index (χ1n) is 4.85. The summed E-state index contributed by atoms with van der Waals surface area (Å²) in [5.74, 6) is -1.18. The molecule has 1 nitrogen and oxygen atoms in total. The summed E-state index contributed by atoms with van der Waals surface area (Å²) in [6.45, 7) is 0.545. The molecule has 1 heterocycles. The molecule has 1 aromatic rings. The molecule has 0 spiro atoms. The van der Waals surface area contributed by atoms with Crippen LogP contribution >= 0.6 is 0 Å². The average molecular weight is 214 g/mol. The first-order chi connectivity index (χ1) is 7.07. The maximum Gasteiger partial charge on any atom is 0.393 e. The zero-order valence-electron chi connectivity index (χ0n) is 8.09. The van der Waals surface area contributed by atoms with E-state index in [-0.39, 0.29) is 13.0 Å². The van der Waals surface area contributed by atoms with E-state index in [1.54, 1.807) is 23.1 Å². The molecule has 1 fully saturated rings. The molecule has 1 saturated heterocycles. The van der Waals surface area contributed by atoms with Crippen LogP contribution in [-0.2, 0) is 0 Å². The van der Waals surface area contributed by atoms with Crippen LogP contribution in [-0.4, -0.2) is 19.3 Å². The van der Waals surface area contributed by atoms with Crippen LogP contribution in [0.2, 0.25) is 0 Å². The van der Waals surface area contributed by atoms with E-state index in [2.05, 4.69) is 6.07 Å². The van der Waals surface area contributed by atoms with Gasteiger partial charge in [-0.25, -0.2) is 0 Å². The third kappa shape index (κ3) is 2.25. The number of alkyl halides is 3. The normalized spacial score (nSPS) is 22.1. The Labute approximate surface area is 86.5 Å². The second kappa shape index (κ2) is 3.76. The number of nitrogens with zero attached hydrogens (tertiary/aromatic N) is 1. The van der Waals surface area contributed by atoms with E-state index < -0.39 is 12.1 Å². The quantitative estimate of drug-likeness (QED) is 0.694. The van der Waals surface area contributed by atoms with Crippen LogP contribution in [0.5, 0.6) is 0 Å². The molecule has 81 valence electrons. The van der Waals surface area contributed by atoms with Gasteiger partial charge in [-0.3, -0.25) is 0 Å². The molecule has 0 aromatic heterocycles. The molecule has 1 atom stereocenters. The van der Waals surface area contributed by atoms with Crippen molar-refractivity contribution in [3.63, 3.8) is 0 Å². The Morgan fingerprint density at radius 1 is 1.40 bits per heavy atom. The Bertz CT molecular complexity index is 320. The predicted molar refractivity (Wildman–Crippen MR) is 51.7 cm³/mol. The number of benzene rings is 1. The van der Waals surface area contributed by atoms with E-state index >= 15 is 0 Å². The Morgan fingerprint density at radius 3 is 2.73 bits per heavy atom. The fourth-order valence-corrected chi connectivity index (χ4v) is 1.84. The number of hydrogen-bond acceptors (Lipinski definition) is 1. The lowest BCUT2D eigenvalue weighted by Crippen LogP contribution is -2.27. The molecule has 1 unspecified atom stereocenters. The van der Waals surface area contributed by atoms with E-state index in [9.17, 15) is 13.2 Å². The summed E-state index contributed by atoms with van der Waals surface area (Å²) in [4.78, 5) is 1.76. The van der Waals surface area contributed by atoms with Gasteiger partial charge >= 0.3 is 6.18 Å². The Morgan fingerprint density at radius 2 is 2.20 bits per heavy atom. The van der Waals surface area contributed by atoms with Crippen LogP contribution in [0, 0.1) is 12.0 Å². The minimum atomic E-state index is -4.06. The Kier molecular flexibility index (Phi) is 2.59. The van der Waals surface area contributed by atoms with Gasteiger partial charge in [0.25, 0.3) is 0 Å². The lowest BCUT2D eigenvalue weighted by molar-refractivity contribution is -0.168. The van der Waals surface area contributed by atoms with E-state index in [4.69, 9.17) is 0 Å². The lowest BCUT2D eigenvalue weighted by atomic mass is 10.1. The maximum absolute atomic E-state index is 12.4. The van der Waals surface area contributed by atoms with Crippen molar-refractivity contribution in [1.29, 1.82) is 0 Å². The highest BCUT2D eigenvalue weighted by Crippen LogP contribution is 2.35. The number of hydrogen-bond donors (Lipinski definition) is 0. The van der Waals surface area contributed by atoms with Gasteiger partial charge < -0.3 is 4.90 Å². The van der Waals surface area contributed by atoms with Gasteiger partial charge in [0.15, 0.2) is 0 Å². The third-order valence-electron chi connectivity index (χ3n) is 2.71. The van der Waals surface area contributed by atoms with Crippen molar-refractivity contribution in [3.8, 4) is 0 Å². The summed E-state index contributed by atoms with van der Waals surface area (Å²) < 4.78 is 37.2. The molecule has 1 aromatic carbocycles. The zero-order valence-corrected chi connectivity index (χ0v) is 8.09. The third-order valence-corrected chi connectivity index (χ3v) is 2.71. The highest BCUT2D eigenvalue weighted by molar-refractivity contribution is 5.46. The fourth-order valence-electron chi connectivity index (χ4n) is 1.84. The monoisotopic (exact) mass is 214 g/mol. The molecule has 1 aliphatic heterocycles. The summed E-state index contributed by atoms with van der Waals surface area (Å²) >= 11 is 0. The van der Waals surface area contributed by atoms with Crippen molar-refractivity contribution in [1.82, 2.24) is 0 Å². The lowest BCUT2D eigenvalue weighted by Gasteiger charge is -2.19. The fraction of sp³-hybridized carbons (Fsp3) is 0.455. The number of halogens is 3. The van der Waals surface area contributed by atoms with Crippen molar-refractivity contribution in [3.05, 3.63) is 30.3 Å². The zero-order chi connectivity index (χ0) is 10.9. The summed E-state index contributed by atoms with van der Waals surface area (Å²) in [6, 6.07) is 9.93. The molecule has 0 saturated carbocycles. The average Bonchev–Trinajstić information content (AvgIpc) is 2.67. The molecular formula is C11H11F3N. The summed E-state index contributed by atoms with van der Waals surface area (Å²) in [5.41, 5.74) is 0.823. The van der Waals surface area contributed by atoms with Crippen molar-refractivity contribution in [2.45, 2.75) is 12.6 Å². The molecule has 15 heavy (non-hydrogen) atoms. The molecule has 1 aliphatic rings. The van der Waals surface area contributed by atoms with E-state index in [1.165, 1.54) is 0 Å². The molecule has 0 N–H and O–H groups in total. The van der Waals surface area contributed by atoms with Gasteiger partial charge in [0, 0.05) is 18.8 Å². The molecule has 1 radical (unpaired) electrons. The van der Waals surface area contributed by atoms with Crippen molar-refractivity contribution in [2.75, 3.05) is 18.0 Å². The van der Waals surface area contributed by atoms with Gasteiger partial charge in [-0.15, -0.1) is 0 Å². The first kappa shape index (κ1) is 10.3. The number of anilines is 1.